The molecule has 1 saturated heterocycles. The minimum absolute atomic E-state index is 0.125. The normalized spacial score (nSPS) is 16.6. The lowest BCUT2D eigenvalue weighted by Gasteiger charge is -2.31. The van der Waals surface area contributed by atoms with Gasteiger partial charge in [0.2, 0.25) is 5.91 Å². The van der Waals surface area contributed by atoms with Crippen LogP contribution in [0, 0.1) is 5.92 Å². The van der Waals surface area contributed by atoms with Crippen LogP contribution in [0.2, 0.25) is 0 Å². The third-order valence-corrected chi connectivity index (χ3v) is 4.51. The largest absolute Gasteiger partial charge is 0.472 e. The van der Waals surface area contributed by atoms with Crippen LogP contribution in [0.1, 0.15) is 40.5 Å². The Bertz CT molecular complexity index is 798. The number of carbonyl (C=O) groups is 3. The van der Waals surface area contributed by atoms with Gasteiger partial charge in [-0.2, -0.15) is 0 Å². The van der Waals surface area contributed by atoms with Crippen molar-refractivity contribution in [3.63, 3.8) is 0 Å². The first kappa shape index (κ1) is 18.7. The predicted octanol–water partition coefficient (Wildman–Crippen LogP) is 2.95. The van der Waals surface area contributed by atoms with Gasteiger partial charge in [-0.1, -0.05) is 0 Å². The predicted molar refractivity (Wildman–Crippen MR) is 98.4 cm³/mol. The fraction of sp³-hybridized carbons (Fsp3) is 0.350. The smallest absolute Gasteiger partial charge is 0.338 e. The van der Waals surface area contributed by atoms with E-state index in [1.807, 2.05) is 0 Å². The molecule has 2 aromatic rings. The quantitative estimate of drug-likeness (QED) is 0.818. The Morgan fingerprint density at radius 3 is 2.63 bits per heavy atom. The van der Waals surface area contributed by atoms with E-state index in [9.17, 15) is 14.4 Å². The minimum Gasteiger partial charge on any atom is -0.472 e. The maximum atomic E-state index is 12.6. The summed E-state index contributed by atoms with van der Waals surface area (Å²) in [5, 5.41) is 2.86. The molecule has 1 aromatic heterocycles. The average molecular weight is 370 g/mol. The lowest BCUT2D eigenvalue weighted by Crippen LogP contribution is -2.43. The van der Waals surface area contributed by atoms with E-state index < -0.39 is 5.97 Å². The first-order valence-electron chi connectivity index (χ1n) is 8.98. The first-order valence-corrected chi connectivity index (χ1v) is 8.98. The van der Waals surface area contributed by atoms with E-state index in [0.29, 0.717) is 36.5 Å². The standard InChI is InChI=1S/C20H22N2O5/c1-2-27-20(25)14-5-7-17(8-6-14)21-18(23)15-4-3-10-22(12-15)19(24)16-9-11-26-13-16/h5-9,11,13,15H,2-4,10,12H2,1H3,(H,21,23). The molecule has 7 heteroatoms. The number of anilines is 1. The molecule has 0 spiro atoms. The fourth-order valence-corrected chi connectivity index (χ4v) is 3.09. The fourth-order valence-electron chi connectivity index (χ4n) is 3.09. The first-order chi connectivity index (χ1) is 13.1. The molecule has 142 valence electrons. The number of hydrogen-bond acceptors (Lipinski definition) is 5. The molecule has 0 saturated carbocycles. The van der Waals surface area contributed by atoms with Crippen molar-refractivity contribution in [1.82, 2.24) is 4.90 Å². The Labute approximate surface area is 157 Å². The summed E-state index contributed by atoms with van der Waals surface area (Å²) in [5.41, 5.74) is 1.53. The molecule has 7 nitrogen and oxygen atoms in total. The van der Waals surface area contributed by atoms with Gasteiger partial charge in [0.25, 0.3) is 5.91 Å². The minimum atomic E-state index is -0.393. The van der Waals surface area contributed by atoms with Crippen molar-refractivity contribution in [2.75, 3.05) is 25.0 Å². The van der Waals surface area contributed by atoms with E-state index in [0.717, 1.165) is 12.8 Å². The van der Waals surface area contributed by atoms with Crippen molar-refractivity contribution >= 4 is 23.5 Å². The number of rotatable bonds is 5. The van der Waals surface area contributed by atoms with Gasteiger partial charge in [0.15, 0.2) is 0 Å². The van der Waals surface area contributed by atoms with Crippen molar-refractivity contribution < 1.29 is 23.5 Å². The van der Waals surface area contributed by atoms with E-state index in [-0.39, 0.29) is 17.7 Å². The van der Waals surface area contributed by atoms with Crippen LogP contribution in [0.15, 0.2) is 47.3 Å². The molecule has 0 bridgehead atoms. The second kappa shape index (κ2) is 8.53. The molecule has 1 aliphatic heterocycles. The number of amides is 2. The molecule has 0 aliphatic carbocycles. The van der Waals surface area contributed by atoms with Crippen molar-refractivity contribution in [2.24, 2.45) is 5.92 Å². The summed E-state index contributed by atoms with van der Waals surface area (Å²) in [4.78, 5) is 38.4. The third-order valence-electron chi connectivity index (χ3n) is 4.51. The number of hydrogen-bond donors (Lipinski definition) is 1. The SMILES string of the molecule is CCOC(=O)c1ccc(NC(=O)C2CCCN(C(=O)c3ccoc3)C2)cc1. The number of esters is 1. The summed E-state index contributed by atoms with van der Waals surface area (Å²) in [6, 6.07) is 8.19. The molecule has 2 heterocycles. The number of likely N-dealkylation sites (tertiary alicyclic amines) is 1. The van der Waals surface area contributed by atoms with E-state index in [4.69, 9.17) is 9.15 Å². The van der Waals surface area contributed by atoms with Crippen LogP contribution >= 0.6 is 0 Å². The number of nitrogens with zero attached hydrogens (tertiary/aromatic N) is 1. The van der Waals surface area contributed by atoms with E-state index in [2.05, 4.69) is 5.32 Å². The maximum absolute atomic E-state index is 12.6. The number of nitrogens with one attached hydrogen (secondary N) is 1. The highest BCUT2D eigenvalue weighted by atomic mass is 16.5. The Balaban J connectivity index is 1.59. The molecule has 1 aromatic carbocycles. The molecule has 2 amide bonds. The highest BCUT2D eigenvalue weighted by Gasteiger charge is 2.29. The average Bonchev–Trinajstić information content (AvgIpc) is 3.23. The monoisotopic (exact) mass is 370 g/mol. The van der Waals surface area contributed by atoms with Gasteiger partial charge in [0, 0.05) is 18.8 Å². The number of ether oxygens (including phenoxy) is 1. The van der Waals surface area contributed by atoms with Gasteiger partial charge in [0.1, 0.15) is 6.26 Å². The lowest BCUT2D eigenvalue weighted by atomic mass is 9.96. The number of benzene rings is 1. The number of furan rings is 1. The molecule has 1 unspecified atom stereocenters. The summed E-state index contributed by atoms with van der Waals surface area (Å²) in [6.07, 6.45) is 4.36. The van der Waals surface area contributed by atoms with Gasteiger partial charge < -0.3 is 19.4 Å². The number of carbonyl (C=O) groups excluding carboxylic acids is 3. The zero-order valence-electron chi connectivity index (χ0n) is 15.1. The highest BCUT2D eigenvalue weighted by molar-refractivity contribution is 5.96. The lowest BCUT2D eigenvalue weighted by molar-refractivity contribution is -0.121. The van der Waals surface area contributed by atoms with E-state index in [1.165, 1.54) is 12.5 Å². The molecule has 1 aliphatic rings. The van der Waals surface area contributed by atoms with Crippen LogP contribution in [0.25, 0.3) is 0 Å². The molecule has 27 heavy (non-hydrogen) atoms. The van der Waals surface area contributed by atoms with E-state index >= 15 is 0 Å². The van der Waals surface area contributed by atoms with Crippen molar-refractivity contribution in [3.05, 3.63) is 54.0 Å². The Kier molecular flexibility index (Phi) is 5.90. The second-order valence-electron chi connectivity index (χ2n) is 6.39. The van der Waals surface area contributed by atoms with Gasteiger partial charge in [-0.25, -0.2) is 4.79 Å². The van der Waals surface area contributed by atoms with Crippen LogP contribution < -0.4 is 5.32 Å². The summed E-state index contributed by atoms with van der Waals surface area (Å²) >= 11 is 0. The summed E-state index contributed by atoms with van der Waals surface area (Å²) in [5.74, 6) is -0.931. The van der Waals surface area contributed by atoms with Crippen LogP contribution in [0.4, 0.5) is 5.69 Å². The van der Waals surface area contributed by atoms with E-state index in [1.54, 1.807) is 42.2 Å². The van der Waals surface area contributed by atoms with Crippen LogP contribution in [0.3, 0.4) is 0 Å². The van der Waals surface area contributed by atoms with Gasteiger partial charge >= 0.3 is 5.97 Å². The van der Waals surface area contributed by atoms with Gasteiger partial charge in [-0.15, -0.1) is 0 Å². The van der Waals surface area contributed by atoms with Crippen LogP contribution in [-0.2, 0) is 9.53 Å². The number of piperidine rings is 1. The molecule has 0 radical (unpaired) electrons. The second-order valence-corrected chi connectivity index (χ2v) is 6.39. The zero-order chi connectivity index (χ0) is 19.2. The Morgan fingerprint density at radius 1 is 1.19 bits per heavy atom. The molecule has 1 atom stereocenters. The summed E-state index contributed by atoms with van der Waals surface area (Å²) in [6.45, 7) is 3.06. The highest BCUT2D eigenvalue weighted by Crippen LogP contribution is 2.21. The Morgan fingerprint density at radius 2 is 1.96 bits per heavy atom. The van der Waals surface area contributed by atoms with Crippen molar-refractivity contribution in [1.29, 1.82) is 0 Å². The molecule has 1 N–H and O–H groups in total. The summed E-state index contributed by atoms with van der Waals surface area (Å²) in [7, 11) is 0. The van der Waals surface area contributed by atoms with Gasteiger partial charge in [-0.05, 0) is 50.1 Å². The van der Waals surface area contributed by atoms with Crippen LogP contribution in [-0.4, -0.2) is 42.4 Å². The summed E-state index contributed by atoms with van der Waals surface area (Å²) < 4.78 is 9.90. The molecular formula is C20H22N2O5. The van der Waals surface area contributed by atoms with Crippen LogP contribution in [0.5, 0.6) is 0 Å². The Hall–Kier alpha value is -3.09. The zero-order valence-corrected chi connectivity index (χ0v) is 15.1. The topological polar surface area (TPSA) is 88.9 Å². The molecule has 1 fully saturated rings. The van der Waals surface area contributed by atoms with Crippen molar-refractivity contribution in [2.45, 2.75) is 19.8 Å². The van der Waals surface area contributed by atoms with Crippen molar-refractivity contribution in [3.8, 4) is 0 Å². The third kappa shape index (κ3) is 4.55. The molecular weight excluding hydrogens is 348 g/mol. The molecule has 3 rings (SSSR count). The van der Waals surface area contributed by atoms with Gasteiger partial charge in [0.05, 0.1) is 29.9 Å². The maximum Gasteiger partial charge on any atom is 0.338 e. The van der Waals surface area contributed by atoms with Gasteiger partial charge in [-0.3, -0.25) is 9.59 Å².